The number of carbonyl (C=O) groups is 1. The molecule has 0 heterocycles. The van der Waals surface area contributed by atoms with Crippen molar-refractivity contribution in [1.29, 1.82) is 0 Å². The number of carbonyl (C=O) groups excluding carboxylic acids is 1. The van der Waals surface area contributed by atoms with E-state index in [1.165, 1.54) is 167 Å². The maximum Gasteiger partial charge on any atom is 0.183 e. The lowest BCUT2D eigenvalue weighted by atomic mass is 10.1. The molecule has 0 rings (SSSR count). The number of Topliss-reactive ketones (excluding diaryl/α,β-unsaturated/α-hetero) is 1. The van der Waals surface area contributed by atoms with Crippen molar-refractivity contribution < 1.29 is 14.3 Å². The van der Waals surface area contributed by atoms with Crippen molar-refractivity contribution in [3.05, 3.63) is 24.3 Å². The molecule has 0 aliphatic rings. The first-order valence-corrected chi connectivity index (χ1v) is 18.8. The Labute approximate surface area is 264 Å². The predicted octanol–water partition coefficient (Wildman–Crippen LogP) is 12.7. The van der Waals surface area contributed by atoms with Crippen LogP contribution in [0.15, 0.2) is 24.3 Å². The number of hydrogen-bond acceptors (Lipinski definition) is 3. The van der Waals surface area contributed by atoms with E-state index in [4.69, 9.17) is 9.47 Å². The first-order valence-electron chi connectivity index (χ1n) is 18.8. The molecule has 248 valence electrons. The molecule has 0 atom stereocenters. The third kappa shape index (κ3) is 37.1. The van der Waals surface area contributed by atoms with Gasteiger partial charge in [0.15, 0.2) is 5.78 Å². The lowest BCUT2D eigenvalue weighted by Gasteiger charge is -2.06. The van der Waals surface area contributed by atoms with E-state index < -0.39 is 0 Å². The third-order valence-corrected chi connectivity index (χ3v) is 8.13. The molecule has 0 unspecified atom stereocenters. The highest BCUT2D eigenvalue weighted by Gasteiger charge is 2.02. The summed E-state index contributed by atoms with van der Waals surface area (Å²) in [6, 6.07) is 0. The fourth-order valence-electron chi connectivity index (χ4n) is 5.32. The first kappa shape index (κ1) is 41.1. The van der Waals surface area contributed by atoms with E-state index in [-0.39, 0.29) is 19.0 Å². The number of ether oxygens (including phenoxy) is 2. The maximum atomic E-state index is 11.9. The summed E-state index contributed by atoms with van der Waals surface area (Å²) in [5.74, 6) is 0.0732. The molecule has 0 amide bonds. The van der Waals surface area contributed by atoms with Crippen LogP contribution in [0.5, 0.6) is 0 Å². The van der Waals surface area contributed by atoms with E-state index in [0.717, 1.165) is 12.8 Å². The van der Waals surface area contributed by atoms with Gasteiger partial charge in [0.1, 0.15) is 13.2 Å². The maximum absolute atomic E-state index is 11.9. The minimum Gasteiger partial charge on any atom is -0.374 e. The number of ketones is 1. The average Bonchev–Trinajstić information content (AvgIpc) is 3.00. The zero-order valence-electron chi connectivity index (χ0n) is 28.7. The third-order valence-electron chi connectivity index (χ3n) is 8.13. The van der Waals surface area contributed by atoms with Crippen molar-refractivity contribution in [2.75, 3.05) is 26.4 Å². The molecule has 0 fully saturated rings. The minimum atomic E-state index is 0.0732. The van der Waals surface area contributed by atoms with Gasteiger partial charge >= 0.3 is 0 Å². The van der Waals surface area contributed by atoms with Crippen LogP contribution in [0.3, 0.4) is 0 Å². The molecule has 0 bridgehead atoms. The van der Waals surface area contributed by atoms with Gasteiger partial charge in [-0.05, 0) is 64.2 Å². The molecular formula is C39H74O3. The van der Waals surface area contributed by atoms with Crippen molar-refractivity contribution in [2.45, 2.75) is 194 Å². The van der Waals surface area contributed by atoms with E-state index >= 15 is 0 Å². The van der Waals surface area contributed by atoms with Crippen molar-refractivity contribution >= 4 is 5.78 Å². The molecule has 0 aromatic rings. The summed E-state index contributed by atoms with van der Waals surface area (Å²) in [6.45, 7) is 6.36. The van der Waals surface area contributed by atoms with Crippen LogP contribution in [0.1, 0.15) is 194 Å². The van der Waals surface area contributed by atoms with Gasteiger partial charge in [-0.15, -0.1) is 0 Å². The average molecular weight is 591 g/mol. The second-order valence-electron chi connectivity index (χ2n) is 12.5. The quantitative estimate of drug-likeness (QED) is 0.0538. The van der Waals surface area contributed by atoms with Gasteiger partial charge in [-0.25, -0.2) is 0 Å². The monoisotopic (exact) mass is 591 g/mol. The Morgan fingerprint density at radius 1 is 0.381 bits per heavy atom. The summed E-state index contributed by atoms with van der Waals surface area (Å²) >= 11 is 0. The van der Waals surface area contributed by atoms with Crippen LogP contribution >= 0.6 is 0 Å². The Morgan fingerprint density at radius 3 is 0.952 bits per heavy atom. The highest BCUT2D eigenvalue weighted by Crippen LogP contribution is 2.11. The van der Waals surface area contributed by atoms with E-state index in [0.29, 0.717) is 13.2 Å². The predicted molar refractivity (Wildman–Crippen MR) is 186 cm³/mol. The number of allylic oxidation sites excluding steroid dienone is 4. The Hall–Kier alpha value is -0.930. The number of unbranched alkanes of at least 4 members (excludes halogenated alkanes) is 24. The highest BCUT2D eigenvalue weighted by molar-refractivity contribution is 5.80. The Kier molecular flexibility index (Phi) is 37.3. The summed E-state index contributed by atoms with van der Waals surface area (Å²) in [5.41, 5.74) is 0. The molecule has 0 aromatic carbocycles. The minimum absolute atomic E-state index is 0.0732. The van der Waals surface area contributed by atoms with Crippen molar-refractivity contribution in [1.82, 2.24) is 0 Å². The number of rotatable bonds is 36. The molecule has 42 heavy (non-hydrogen) atoms. The summed E-state index contributed by atoms with van der Waals surface area (Å²) in [6.07, 6.45) is 46.2. The van der Waals surface area contributed by atoms with E-state index in [1.54, 1.807) is 0 Å². The molecule has 0 saturated carbocycles. The van der Waals surface area contributed by atoms with E-state index in [9.17, 15) is 4.79 Å². The summed E-state index contributed by atoms with van der Waals surface area (Å²) in [5, 5.41) is 0. The second-order valence-corrected chi connectivity index (χ2v) is 12.5. The van der Waals surface area contributed by atoms with Crippen LogP contribution in [-0.4, -0.2) is 32.2 Å². The van der Waals surface area contributed by atoms with Gasteiger partial charge < -0.3 is 9.47 Å². The van der Waals surface area contributed by atoms with Gasteiger partial charge in [-0.3, -0.25) is 4.79 Å². The van der Waals surface area contributed by atoms with Crippen LogP contribution < -0.4 is 0 Å². The second kappa shape index (κ2) is 38.1. The van der Waals surface area contributed by atoms with Gasteiger partial charge in [-0.2, -0.15) is 0 Å². The van der Waals surface area contributed by atoms with Crippen molar-refractivity contribution in [2.24, 2.45) is 0 Å². The summed E-state index contributed by atoms with van der Waals surface area (Å²) < 4.78 is 11.1. The van der Waals surface area contributed by atoms with Gasteiger partial charge in [0.05, 0.1) is 0 Å². The Balaban J connectivity index is 3.21. The van der Waals surface area contributed by atoms with Gasteiger partial charge in [0, 0.05) is 13.2 Å². The Morgan fingerprint density at radius 2 is 0.643 bits per heavy atom. The standard InChI is InChI=1S/C39H74O3/c1-3-5-7-9-11-13-15-17-19-21-23-25-27-29-31-33-35-41-37-39(40)38-42-36-34-32-30-28-26-24-22-20-18-16-14-12-10-8-6-4-2/h17-20H,3-16,21-38H2,1-2H3/b19-17-,20-18-. The molecule has 0 radical (unpaired) electrons. The fraction of sp³-hybridized carbons (Fsp3) is 0.872. The van der Waals surface area contributed by atoms with Crippen LogP contribution in [-0.2, 0) is 14.3 Å². The van der Waals surface area contributed by atoms with Gasteiger partial charge in [0.25, 0.3) is 0 Å². The molecule has 0 aliphatic heterocycles. The number of hydrogen-bond donors (Lipinski definition) is 0. The summed E-state index contributed by atoms with van der Waals surface area (Å²) in [7, 11) is 0. The molecule has 0 aliphatic carbocycles. The molecule has 0 N–H and O–H groups in total. The smallest absolute Gasteiger partial charge is 0.183 e. The van der Waals surface area contributed by atoms with Crippen molar-refractivity contribution in [3.8, 4) is 0 Å². The fourth-order valence-corrected chi connectivity index (χ4v) is 5.32. The molecule has 0 saturated heterocycles. The molecule has 0 spiro atoms. The lowest BCUT2D eigenvalue weighted by Crippen LogP contribution is -2.16. The van der Waals surface area contributed by atoms with Gasteiger partial charge in [-0.1, -0.05) is 154 Å². The van der Waals surface area contributed by atoms with Crippen LogP contribution in [0.2, 0.25) is 0 Å². The topological polar surface area (TPSA) is 35.5 Å². The van der Waals surface area contributed by atoms with E-state index in [1.807, 2.05) is 0 Å². The molecule has 3 nitrogen and oxygen atoms in total. The highest BCUT2D eigenvalue weighted by atomic mass is 16.5. The summed E-state index contributed by atoms with van der Waals surface area (Å²) in [4.78, 5) is 11.9. The largest absolute Gasteiger partial charge is 0.374 e. The van der Waals surface area contributed by atoms with Crippen LogP contribution in [0.4, 0.5) is 0 Å². The molecule has 0 aromatic heterocycles. The first-order chi connectivity index (χ1) is 20.8. The van der Waals surface area contributed by atoms with Crippen LogP contribution in [0.25, 0.3) is 0 Å². The zero-order valence-corrected chi connectivity index (χ0v) is 28.7. The lowest BCUT2D eigenvalue weighted by molar-refractivity contribution is -0.128. The van der Waals surface area contributed by atoms with Crippen molar-refractivity contribution in [3.63, 3.8) is 0 Å². The molecular weight excluding hydrogens is 516 g/mol. The SMILES string of the molecule is CCCCCCCC/C=C\CCCCCCCCOCC(=O)COCCCCCCCC/C=C\CCCCCCCC. The Bertz CT molecular complexity index is 520. The molecule has 3 heteroatoms. The van der Waals surface area contributed by atoms with E-state index in [2.05, 4.69) is 38.2 Å². The van der Waals surface area contributed by atoms with Gasteiger partial charge in [0.2, 0.25) is 0 Å². The normalized spacial score (nSPS) is 11.9. The zero-order chi connectivity index (χ0) is 30.4. The van der Waals surface area contributed by atoms with Crippen LogP contribution in [0, 0.1) is 0 Å².